The average Bonchev–Trinajstić information content (AvgIpc) is 3.28. The first-order valence-corrected chi connectivity index (χ1v) is 10.4. The van der Waals surface area contributed by atoms with Gasteiger partial charge in [0.25, 0.3) is 0 Å². The fourth-order valence-electron chi connectivity index (χ4n) is 3.51. The second-order valence-corrected chi connectivity index (χ2v) is 7.37. The van der Waals surface area contributed by atoms with Gasteiger partial charge in [0.15, 0.2) is 17.3 Å². The molecule has 4 aromatic rings. The highest BCUT2D eigenvalue weighted by molar-refractivity contribution is 6.06. The molecule has 0 amide bonds. The van der Waals surface area contributed by atoms with Gasteiger partial charge in [-0.25, -0.2) is 23.1 Å². The Hall–Kier alpha value is -4.53. The molecule has 35 heavy (non-hydrogen) atoms. The SMILES string of the molecule is COC(=O)c1c(-c2ccc(OCc3cccc(F)c3)c(F)c2)nn(-c2ccccc2)c1C(=O)OC. The van der Waals surface area contributed by atoms with Gasteiger partial charge in [0.2, 0.25) is 0 Å². The van der Waals surface area contributed by atoms with E-state index in [0.717, 1.165) is 13.2 Å². The number of para-hydroxylation sites is 1. The number of methoxy groups -OCH3 is 2. The van der Waals surface area contributed by atoms with Crippen LogP contribution in [0.4, 0.5) is 8.78 Å². The topological polar surface area (TPSA) is 79.7 Å². The van der Waals surface area contributed by atoms with Crippen molar-refractivity contribution in [2.24, 2.45) is 0 Å². The number of rotatable bonds is 7. The fourth-order valence-corrected chi connectivity index (χ4v) is 3.51. The van der Waals surface area contributed by atoms with E-state index in [9.17, 15) is 18.4 Å². The minimum atomic E-state index is -0.838. The molecule has 0 unspecified atom stereocenters. The maximum absolute atomic E-state index is 14.9. The largest absolute Gasteiger partial charge is 0.486 e. The van der Waals surface area contributed by atoms with E-state index >= 15 is 0 Å². The monoisotopic (exact) mass is 478 g/mol. The molecule has 0 aliphatic carbocycles. The van der Waals surface area contributed by atoms with E-state index in [1.165, 1.54) is 42.1 Å². The lowest BCUT2D eigenvalue weighted by atomic mass is 10.1. The lowest BCUT2D eigenvalue weighted by molar-refractivity contribution is 0.0549. The van der Waals surface area contributed by atoms with E-state index < -0.39 is 23.6 Å². The van der Waals surface area contributed by atoms with Gasteiger partial charge in [-0.3, -0.25) is 0 Å². The van der Waals surface area contributed by atoms with Crippen LogP contribution in [0.3, 0.4) is 0 Å². The maximum Gasteiger partial charge on any atom is 0.357 e. The molecule has 1 heterocycles. The normalized spacial score (nSPS) is 10.6. The van der Waals surface area contributed by atoms with Gasteiger partial charge in [0, 0.05) is 5.56 Å². The quantitative estimate of drug-likeness (QED) is 0.349. The van der Waals surface area contributed by atoms with Crippen molar-refractivity contribution in [1.82, 2.24) is 9.78 Å². The highest BCUT2D eigenvalue weighted by Gasteiger charge is 2.31. The summed E-state index contributed by atoms with van der Waals surface area (Å²) in [5.74, 6) is -2.89. The summed E-state index contributed by atoms with van der Waals surface area (Å²) >= 11 is 0. The number of nitrogens with zero attached hydrogens (tertiary/aromatic N) is 2. The lowest BCUT2D eigenvalue weighted by Gasteiger charge is -2.09. The molecule has 0 radical (unpaired) electrons. The van der Waals surface area contributed by atoms with Crippen molar-refractivity contribution in [2.45, 2.75) is 6.61 Å². The van der Waals surface area contributed by atoms with Crippen LogP contribution in [0.5, 0.6) is 5.75 Å². The van der Waals surface area contributed by atoms with E-state index in [0.29, 0.717) is 11.3 Å². The van der Waals surface area contributed by atoms with Crippen molar-refractivity contribution >= 4 is 11.9 Å². The van der Waals surface area contributed by atoms with Crippen LogP contribution in [0.25, 0.3) is 16.9 Å². The smallest absolute Gasteiger partial charge is 0.357 e. The first-order valence-electron chi connectivity index (χ1n) is 10.4. The second-order valence-electron chi connectivity index (χ2n) is 7.37. The first-order chi connectivity index (χ1) is 16.9. The van der Waals surface area contributed by atoms with Gasteiger partial charge in [-0.1, -0.05) is 30.3 Å². The van der Waals surface area contributed by atoms with Crippen LogP contribution in [0.1, 0.15) is 26.4 Å². The van der Waals surface area contributed by atoms with Gasteiger partial charge in [0.05, 0.1) is 19.9 Å². The van der Waals surface area contributed by atoms with Gasteiger partial charge in [0.1, 0.15) is 23.7 Å². The minimum Gasteiger partial charge on any atom is -0.486 e. The van der Waals surface area contributed by atoms with Gasteiger partial charge >= 0.3 is 11.9 Å². The van der Waals surface area contributed by atoms with E-state index in [2.05, 4.69) is 5.10 Å². The van der Waals surface area contributed by atoms with E-state index in [-0.39, 0.29) is 34.9 Å². The number of esters is 2. The van der Waals surface area contributed by atoms with Crippen molar-refractivity contribution < 1.29 is 32.6 Å². The van der Waals surface area contributed by atoms with Gasteiger partial charge in [-0.2, -0.15) is 5.10 Å². The highest BCUT2D eigenvalue weighted by atomic mass is 19.1. The molecular formula is C26H20F2N2O5. The Morgan fingerprint density at radius 2 is 1.63 bits per heavy atom. The molecule has 0 atom stereocenters. The summed E-state index contributed by atoms with van der Waals surface area (Å²) in [7, 11) is 2.34. The standard InChI is InChI=1S/C26H20F2N2O5/c1-33-25(31)22-23(29-30(24(22)26(32)34-2)19-9-4-3-5-10-19)17-11-12-21(20(28)14-17)35-15-16-7-6-8-18(27)13-16/h3-14H,15H2,1-2H3. The summed E-state index contributed by atoms with van der Waals surface area (Å²) in [5.41, 5.74) is 0.923. The Balaban J connectivity index is 1.77. The van der Waals surface area contributed by atoms with Gasteiger partial charge in [-0.05, 0) is 48.0 Å². The highest BCUT2D eigenvalue weighted by Crippen LogP contribution is 2.32. The number of hydrogen-bond acceptors (Lipinski definition) is 6. The summed E-state index contributed by atoms with van der Waals surface area (Å²) in [6.45, 7) is -0.0451. The van der Waals surface area contributed by atoms with Crippen molar-refractivity contribution in [3.05, 3.63) is 101 Å². The number of halogens is 2. The van der Waals surface area contributed by atoms with E-state index in [4.69, 9.17) is 14.2 Å². The Morgan fingerprint density at radius 1 is 0.886 bits per heavy atom. The number of carbonyl (C=O) groups is 2. The summed E-state index contributed by atoms with van der Waals surface area (Å²) in [6.07, 6.45) is 0. The maximum atomic E-state index is 14.9. The van der Waals surface area contributed by atoms with Crippen LogP contribution in [-0.2, 0) is 16.1 Å². The zero-order chi connectivity index (χ0) is 24.9. The number of ether oxygens (including phenoxy) is 3. The van der Waals surface area contributed by atoms with Crippen LogP contribution in [0, 0.1) is 11.6 Å². The number of carbonyl (C=O) groups excluding carboxylic acids is 2. The van der Waals surface area contributed by atoms with Crippen molar-refractivity contribution in [3.8, 4) is 22.7 Å². The number of aromatic nitrogens is 2. The summed E-state index contributed by atoms with van der Waals surface area (Å²) in [5, 5.41) is 4.43. The van der Waals surface area contributed by atoms with Gasteiger partial charge < -0.3 is 14.2 Å². The third kappa shape index (κ3) is 4.89. The van der Waals surface area contributed by atoms with Crippen LogP contribution in [0.15, 0.2) is 72.8 Å². The molecule has 7 nitrogen and oxygen atoms in total. The van der Waals surface area contributed by atoms with Crippen LogP contribution < -0.4 is 4.74 Å². The Kier molecular flexibility index (Phi) is 6.86. The predicted octanol–water partition coefficient (Wildman–Crippen LogP) is 4.97. The predicted molar refractivity (Wildman–Crippen MR) is 122 cm³/mol. The van der Waals surface area contributed by atoms with Crippen LogP contribution in [-0.4, -0.2) is 35.9 Å². The first kappa shape index (κ1) is 23.6. The molecule has 9 heteroatoms. The molecule has 0 aliphatic rings. The lowest BCUT2D eigenvalue weighted by Crippen LogP contribution is -2.15. The van der Waals surface area contributed by atoms with Crippen molar-refractivity contribution in [1.29, 1.82) is 0 Å². The van der Waals surface area contributed by atoms with Crippen LogP contribution in [0.2, 0.25) is 0 Å². The molecule has 0 aliphatic heterocycles. The summed E-state index contributed by atoms with van der Waals surface area (Å²) < 4.78 is 44.8. The molecule has 0 N–H and O–H groups in total. The molecule has 0 saturated carbocycles. The molecule has 0 bridgehead atoms. The third-order valence-corrected chi connectivity index (χ3v) is 5.14. The molecule has 0 spiro atoms. The molecule has 0 fully saturated rings. The average molecular weight is 478 g/mol. The molecule has 3 aromatic carbocycles. The molecule has 0 saturated heterocycles. The van der Waals surface area contributed by atoms with E-state index in [1.54, 1.807) is 36.4 Å². The van der Waals surface area contributed by atoms with Crippen molar-refractivity contribution in [2.75, 3.05) is 14.2 Å². The second kappa shape index (κ2) is 10.2. The summed E-state index contributed by atoms with van der Waals surface area (Å²) in [4.78, 5) is 25.3. The van der Waals surface area contributed by atoms with Crippen molar-refractivity contribution in [3.63, 3.8) is 0 Å². The molecular weight excluding hydrogens is 458 g/mol. The Morgan fingerprint density at radius 3 is 2.29 bits per heavy atom. The molecule has 4 rings (SSSR count). The minimum absolute atomic E-state index is 0.0247. The fraction of sp³-hybridized carbons (Fsp3) is 0.115. The Bertz CT molecular complexity index is 1390. The molecule has 178 valence electrons. The van der Waals surface area contributed by atoms with Gasteiger partial charge in [-0.15, -0.1) is 0 Å². The van der Waals surface area contributed by atoms with Crippen LogP contribution >= 0.6 is 0 Å². The zero-order valence-corrected chi connectivity index (χ0v) is 18.8. The molecule has 1 aromatic heterocycles. The Labute approximate surface area is 199 Å². The van der Waals surface area contributed by atoms with E-state index in [1.807, 2.05) is 0 Å². The number of benzene rings is 3. The summed E-state index contributed by atoms with van der Waals surface area (Å²) in [6, 6.07) is 18.4. The zero-order valence-electron chi connectivity index (χ0n) is 18.8. The third-order valence-electron chi connectivity index (χ3n) is 5.14. The number of hydrogen-bond donors (Lipinski definition) is 0.